The van der Waals surface area contributed by atoms with Gasteiger partial charge in [-0.25, -0.2) is 0 Å². The number of ether oxygens (including phenoxy) is 1. The van der Waals surface area contributed by atoms with Gasteiger partial charge in [-0.3, -0.25) is 14.5 Å². The van der Waals surface area contributed by atoms with Crippen LogP contribution in [0, 0.1) is 5.92 Å². The smallest absolute Gasteiger partial charge is 0.323 e. The van der Waals surface area contributed by atoms with Gasteiger partial charge in [0.1, 0.15) is 11.6 Å². The number of nitrogens with two attached hydrogens (primary N) is 1. The molecule has 24 heavy (non-hydrogen) atoms. The average molecular weight is 341 g/mol. The number of hydrogen-bond acceptors (Lipinski definition) is 5. The lowest BCUT2D eigenvalue weighted by atomic mass is 9.95. The molecule has 0 radical (unpaired) electrons. The highest BCUT2D eigenvalue weighted by Gasteiger charge is 2.39. The van der Waals surface area contributed by atoms with Gasteiger partial charge in [-0.1, -0.05) is 13.3 Å². The summed E-state index contributed by atoms with van der Waals surface area (Å²) in [6, 6.07) is -0.234. The lowest BCUT2D eigenvalue weighted by Crippen LogP contribution is -2.47. The van der Waals surface area contributed by atoms with Crippen LogP contribution >= 0.6 is 0 Å². The molecule has 0 aliphatic carbocycles. The largest absolute Gasteiger partial charge is 0.459 e. The third-order valence-corrected chi connectivity index (χ3v) is 4.38. The van der Waals surface area contributed by atoms with Crippen molar-refractivity contribution in [3.05, 3.63) is 0 Å². The van der Waals surface area contributed by atoms with Gasteiger partial charge >= 0.3 is 5.97 Å². The highest BCUT2D eigenvalue weighted by Crippen LogP contribution is 2.24. The SMILES string of the molecule is CCCC(CN1CC(N)CC1C(=O)OC(C)(C)C)C(C)NC(C)=O. The van der Waals surface area contributed by atoms with Crippen LogP contribution in [0.1, 0.15) is 60.8 Å². The lowest BCUT2D eigenvalue weighted by Gasteiger charge is -2.32. The zero-order valence-electron chi connectivity index (χ0n) is 16.1. The quantitative estimate of drug-likeness (QED) is 0.688. The zero-order chi connectivity index (χ0) is 18.5. The van der Waals surface area contributed by atoms with Crippen LogP contribution in [-0.4, -0.2) is 53.6 Å². The number of amides is 1. The first-order valence-electron chi connectivity index (χ1n) is 9.03. The Kier molecular flexibility index (Phi) is 7.67. The number of nitrogens with zero attached hydrogens (tertiary/aromatic N) is 1. The molecule has 0 spiro atoms. The Labute approximate surface area is 146 Å². The van der Waals surface area contributed by atoms with E-state index in [1.807, 2.05) is 27.7 Å². The van der Waals surface area contributed by atoms with Crippen LogP contribution in [-0.2, 0) is 14.3 Å². The molecule has 1 fully saturated rings. The standard InChI is InChI=1S/C18H35N3O3/c1-7-8-14(12(2)20-13(3)22)10-21-11-15(19)9-16(21)17(23)24-18(4,5)6/h12,14-16H,7-11,19H2,1-6H3,(H,20,22). The van der Waals surface area contributed by atoms with Crippen LogP contribution in [0.4, 0.5) is 0 Å². The fraction of sp³-hybridized carbons (Fsp3) is 0.889. The Morgan fingerprint density at radius 2 is 2.00 bits per heavy atom. The summed E-state index contributed by atoms with van der Waals surface area (Å²) in [5.74, 6) is 0.0671. The topological polar surface area (TPSA) is 84.7 Å². The molecule has 1 amide bonds. The summed E-state index contributed by atoms with van der Waals surface area (Å²) in [6.07, 6.45) is 2.65. The molecule has 4 unspecified atom stereocenters. The molecular formula is C18H35N3O3. The van der Waals surface area contributed by atoms with Gasteiger partial charge in [0.25, 0.3) is 0 Å². The molecule has 1 heterocycles. The van der Waals surface area contributed by atoms with E-state index in [4.69, 9.17) is 10.5 Å². The van der Waals surface area contributed by atoms with Crippen LogP contribution in [0.2, 0.25) is 0 Å². The minimum absolute atomic E-state index is 0.0131. The molecule has 3 N–H and O–H groups in total. The third kappa shape index (κ3) is 6.77. The molecule has 1 rings (SSSR count). The Bertz CT molecular complexity index is 434. The molecule has 6 heteroatoms. The summed E-state index contributed by atoms with van der Waals surface area (Å²) in [6.45, 7) is 12.8. The summed E-state index contributed by atoms with van der Waals surface area (Å²) < 4.78 is 5.56. The normalized spacial score (nSPS) is 24.5. The van der Waals surface area contributed by atoms with Gasteiger partial charge in [0.15, 0.2) is 0 Å². The Hall–Kier alpha value is -1.14. The van der Waals surface area contributed by atoms with Crippen molar-refractivity contribution in [3.8, 4) is 0 Å². The predicted octanol–water partition coefficient (Wildman–Crippen LogP) is 1.67. The molecule has 0 aromatic heterocycles. The van der Waals surface area contributed by atoms with Crippen LogP contribution in [0.25, 0.3) is 0 Å². The van der Waals surface area contributed by atoms with E-state index in [2.05, 4.69) is 17.1 Å². The van der Waals surface area contributed by atoms with Gasteiger partial charge in [0.2, 0.25) is 5.91 Å². The van der Waals surface area contributed by atoms with Gasteiger partial charge in [-0.05, 0) is 46.5 Å². The van der Waals surface area contributed by atoms with Crippen molar-refractivity contribution in [1.29, 1.82) is 0 Å². The van der Waals surface area contributed by atoms with E-state index in [1.54, 1.807) is 0 Å². The molecule has 1 aliphatic rings. The van der Waals surface area contributed by atoms with Crippen molar-refractivity contribution < 1.29 is 14.3 Å². The highest BCUT2D eigenvalue weighted by atomic mass is 16.6. The summed E-state index contributed by atoms with van der Waals surface area (Å²) >= 11 is 0. The Morgan fingerprint density at radius 3 is 2.50 bits per heavy atom. The number of likely N-dealkylation sites (tertiary alicyclic amines) is 1. The number of carbonyl (C=O) groups excluding carboxylic acids is 2. The maximum Gasteiger partial charge on any atom is 0.323 e. The molecule has 6 nitrogen and oxygen atoms in total. The predicted molar refractivity (Wildman–Crippen MR) is 95.5 cm³/mol. The molecular weight excluding hydrogens is 306 g/mol. The second-order valence-corrected chi connectivity index (χ2v) is 8.04. The van der Waals surface area contributed by atoms with Crippen molar-refractivity contribution >= 4 is 11.9 Å². The van der Waals surface area contributed by atoms with E-state index < -0.39 is 5.60 Å². The molecule has 0 aromatic rings. The van der Waals surface area contributed by atoms with Crippen molar-refractivity contribution in [1.82, 2.24) is 10.2 Å². The molecule has 1 saturated heterocycles. The molecule has 0 bridgehead atoms. The maximum atomic E-state index is 12.5. The Balaban J connectivity index is 2.79. The Morgan fingerprint density at radius 1 is 1.38 bits per heavy atom. The summed E-state index contributed by atoms with van der Waals surface area (Å²) in [4.78, 5) is 26.0. The maximum absolute atomic E-state index is 12.5. The fourth-order valence-corrected chi connectivity index (χ4v) is 3.37. The first-order chi connectivity index (χ1) is 11.0. The van der Waals surface area contributed by atoms with E-state index in [0.717, 1.165) is 19.4 Å². The number of nitrogens with one attached hydrogen (secondary N) is 1. The fourth-order valence-electron chi connectivity index (χ4n) is 3.37. The van der Waals surface area contributed by atoms with E-state index >= 15 is 0 Å². The molecule has 0 aromatic carbocycles. The number of esters is 1. The summed E-state index contributed by atoms with van der Waals surface area (Å²) in [5.41, 5.74) is 5.61. The second-order valence-electron chi connectivity index (χ2n) is 8.04. The third-order valence-electron chi connectivity index (χ3n) is 4.38. The van der Waals surface area contributed by atoms with Crippen molar-refractivity contribution in [3.63, 3.8) is 0 Å². The van der Waals surface area contributed by atoms with Gasteiger partial charge in [-0.15, -0.1) is 0 Å². The van der Waals surface area contributed by atoms with Crippen LogP contribution in [0.3, 0.4) is 0 Å². The number of hydrogen-bond donors (Lipinski definition) is 2. The highest BCUT2D eigenvalue weighted by molar-refractivity contribution is 5.76. The molecule has 1 aliphatic heterocycles. The lowest BCUT2D eigenvalue weighted by molar-refractivity contribution is -0.160. The van der Waals surface area contributed by atoms with E-state index in [-0.39, 0.29) is 35.9 Å². The second kappa shape index (κ2) is 8.81. The summed E-state index contributed by atoms with van der Waals surface area (Å²) in [5, 5.41) is 2.98. The number of rotatable bonds is 7. The molecule has 140 valence electrons. The zero-order valence-corrected chi connectivity index (χ0v) is 16.1. The van der Waals surface area contributed by atoms with E-state index in [0.29, 0.717) is 13.0 Å². The van der Waals surface area contributed by atoms with Crippen LogP contribution in [0.15, 0.2) is 0 Å². The number of carbonyl (C=O) groups is 2. The van der Waals surface area contributed by atoms with Crippen molar-refractivity contribution in [2.45, 2.75) is 84.5 Å². The first-order valence-corrected chi connectivity index (χ1v) is 9.03. The van der Waals surface area contributed by atoms with Crippen LogP contribution in [0.5, 0.6) is 0 Å². The molecule has 4 atom stereocenters. The minimum Gasteiger partial charge on any atom is -0.459 e. The van der Waals surface area contributed by atoms with Gasteiger partial charge in [-0.2, -0.15) is 0 Å². The van der Waals surface area contributed by atoms with E-state index in [9.17, 15) is 9.59 Å². The van der Waals surface area contributed by atoms with Crippen LogP contribution < -0.4 is 11.1 Å². The monoisotopic (exact) mass is 341 g/mol. The van der Waals surface area contributed by atoms with Gasteiger partial charge in [0.05, 0.1) is 0 Å². The van der Waals surface area contributed by atoms with E-state index in [1.165, 1.54) is 6.92 Å². The minimum atomic E-state index is -0.498. The van der Waals surface area contributed by atoms with Crippen molar-refractivity contribution in [2.24, 2.45) is 11.7 Å². The molecule has 0 saturated carbocycles. The average Bonchev–Trinajstić information content (AvgIpc) is 2.76. The summed E-state index contributed by atoms with van der Waals surface area (Å²) in [7, 11) is 0. The van der Waals surface area contributed by atoms with Crippen molar-refractivity contribution in [2.75, 3.05) is 13.1 Å². The van der Waals surface area contributed by atoms with Gasteiger partial charge in [0, 0.05) is 32.1 Å². The first kappa shape index (κ1) is 20.9. The van der Waals surface area contributed by atoms with Gasteiger partial charge < -0.3 is 15.8 Å².